The summed E-state index contributed by atoms with van der Waals surface area (Å²) < 4.78 is 0. The minimum absolute atomic E-state index is 0.168. The van der Waals surface area contributed by atoms with Crippen molar-refractivity contribution in [1.29, 1.82) is 0 Å². The van der Waals surface area contributed by atoms with Gasteiger partial charge in [0, 0.05) is 23.0 Å². The van der Waals surface area contributed by atoms with Crippen LogP contribution in [0.4, 0.5) is 5.69 Å². The van der Waals surface area contributed by atoms with Gasteiger partial charge < -0.3 is 0 Å². The van der Waals surface area contributed by atoms with Crippen molar-refractivity contribution in [1.82, 2.24) is 4.98 Å². The number of benzene rings is 2. The molecule has 0 N–H and O–H groups in total. The number of anilines is 1. The molecule has 2 heterocycles. The van der Waals surface area contributed by atoms with Gasteiger partial charge >= 0.3 is 0 Å². The van der Waals surface area contributed by atoms with E-state index >= 15 is 0 Å². The van der Waals surface area contributed by atoms with Gasteiger partial charge in [-0.3, -0.25) is 19.5 Å². The zero-order valence-electron chi connectivity index (χ0n) is 13.4. The maximum atomic E-state index is 12.7. The van der Waals surface area contributed by atoms with Gasteiger partial charge in [-0.2, -0.15) is 0 Å². The number of carbonyl (C=O) groups is 2. The quantitative estimate of drug-likeness (QED) is 0.670. The molecule has 1 aliphatic rings. The highest BCUT2D eigenvalue weighted by Crippen LogP contribution is 2.30. The summed E-state index contributed by atoms with van der Waals surface area (Å²) in [6.45, 7) is 0. The number of rotatable bonds is 3. The van der Waals surface area contributed by atoms with E-state index in [-0.39, 0.29) is 24.2 Å². The summed E-state index contributed by atoms with van der Waals surface area (Å²) in [6.07, 6.45) is 2.51. The van der Waals surface area contributed by atoms with E-state index < -0.39 is 0 Å². The lowest BCUT2D eigenvalue weighted by Crippen LogP contribution is -2.30. The van der Waals surface area contributed by atoms with Gasteiger partial charge in [-0.25, -0.2) is 0 Å². The molecule has 0 saturated carbocycles. The molecule has 2 aromatic carbocycles. The van der Waals surface area contributed by atoms with E-state index in [1.165, 1.54) is 4.90 Å². The average Bonchev–Trinajstić information content (AvgIpc) is 2.88. The second-order valence-corrected chi connectivity index (χ2v) is 6.62. The predicted molar refractivity (Wildman–Crippen MR) is 97.5 cm³/mol. The van der Waals surface area contributed by atoms with E-state index in [9.17, 15) is 9.59 Å². The van der Waals surface area contributed by atoms with Gasteiger partial charge in [-0.05, 0) is 48.4 Å². The Morgan fingerprint density at radius 1 is 1.08 bits per heavy atom. The van der Waals surface area contributed by atoms with E-state index in [4.69, 9.17) is 11.6 Å². The molecule has 4 nitrogen and oxygen atoms in total. The monoisotopic (exact) mass is 350 g/mol. The molecule has 0 radical (unpaired) electrons. The number of imide groups is 1. The molecule has 1 saturated heterocycles. The SMILES string of the molecule is O=C1CC(Cc2ccc3ncccc3c2)C(=O)N1c1cccc(Cl)c1. The number of carbonyl (C=O) groups excluding carboxylic acids is 2. The summed E-state index contributed by atoms with van der Waals surface area (Å²) >= 11 is 5.99. The second-order valence-electron chi connectivity index (χ2n) is 6.18. The van der Waals surface area contributed by atoms with Crippen LogP contribution in [0.3, 0.4) is 0 Å². The Hall–Kier alpha value is -2.72. The summed E-state index contributed by atoms with van der Waals surface area (Å²) in [4.78, 5) is 30.7. The summed E-state index contributed by atoms with van der Waals surface area (Å²) in [5, 5.41) is 1.53. The first-order chi connectivity index (χ1) is 12.1. The normalized spacial score (nSPS) is 17.5. The maximum absolute atomic E-state index is 12.7. The largest absolute Gasteiger partial charge is 0.274 e. The lowest BCUT2D eigenvalue weighted by Gasteiger charge is -2.15. The van der Waals surface area contributed by atoms with Crippen LogP contribution in [-0.4, -0.2) is 16.8 Å². The third kappa shape index (κ3) is 3.01. The molecule has 2 amide bonds. The van der Waals surface area contributed by atoms with E-state index in [1.54, 1.807) is 30.5 Å². The Bertz CT molecular complexity index is 986. The van der Waals surface area contributed by atoms with Crippen molar-refractivity contribution in [2.75, 3.05) is 4.90 Å². The minimum atomic E-state index is -0.347. The number of halogens is 1. The minimum Gasteiger partial charge on any atom is -0.274 e. The van der Waals surface area contributed by atoms with Crippen molar-refractivity contribution in [2.24, 2.45) is 5.92 Å². The molecule has 5 heteroatoms. The average molecular weight is 351 g/mol. The van der Waals surface area contributed by atoms with Gasteiger partial charge in [0.25, 0.3) is 0 Å². The number of fused-ring (bicyclic) bond motifs is 1. The van der Waals surface area contributed by atoms with E-state index in [0.29, 0.717) is 17.1 Å². The first kappa shape index (κ1) is 15.8. The standard InChI is InChI=1S/C20H15ClN2O2/c21-16-4-1-5-17(12-16)23-19(24)11-15(20(23)25)10-13-6-7-18-14(9-13)3-2-8-22-18/h1-9,12,15H,10-11H2. The van der Waals surface area contributed by atoms with Gasteiger partial charge in [0.1, 0.15) is 0 Å². The number of amides is 2. The number of pyridine rings is 1. The Kier molecular flexibility index (Phi) is 3.98. The van der Waals surface area contributed by atoms with Crippen LogP contribution in [0, 0.1) is 5.92 Å². The highest BCUT2D eigenvalue weighted by Gasteiger charge is 2.39. The summed E-state index contributed by atoms with van der Waals surface area (Å²) in [7, 11) is 0. The number of nitrogens with zero attached hydrogens (tertiary/aromatic N) is 2. The fourth-order valence-electron chi connectivity index (χ4n) is 3.28. The molecule has 0 aliphatic carbocycles. The molecular weight excluding hydrogens is 336 g/mol. The molecule has 1 fully saturated rings. The van der Waals surface area contributed by atoms with Crippen LogP contribution in [0.5, 0.6) is 0 Å². The molecular formula is C20H15ClN2O2. The fourth-order valence-corrected chi connectivity index (χ4v) is 3.46. The number of hydrogen-bond acceptors (Lipinski definition) is 3. The van der Waals surface area contributed by atoms with Crippen molar-refractivity contribution in [3.8, 4) is 0 Å². The van der Waals surface area contributed by atoms with Crippen LogP contribution < -0.4 is 4.90 Å². The zero-order chi connectivity index (χ0) is 17.4. The van der Waals surface area contributed by atoms with E-state index in [0.717, 1.165) is 16.5 Å². The van der Waals surface area contributed by atoms with Gasteiger partial charge in [0.2, 0.25) is 11.8 Å². The van der Waals surface area contributed by atoms with Crippen molar-refractivity contribution in [3.63, 3.8) is 0 Å². The molecule has 1 atom stereocenters. The van der Waals surface area contributed by atoms with Crippen LogP contribution >= 0.6 is 11.6 Å². The molecule has 25 heavy (non-hydrogen) atoms. The molecule has 0 spiro atoms. The third-order valence-electron chi connectivity index (χ3n) is 4.46. The second kappa shape index (κ2) is 6.30. The molecule has 4 rings (SSSR count). The van der Waals surface area contributed by atoms with Gasteiger partial charge in [0.05, 0.1) is 17.1 Å². The van der Waals surface area contributed by atoms with Gasteiger partial charge in [-0.15, -0.1) is 0 Å². The molecule has 1 unspecified atom stereocenters. The number of hydrogen-bond donors (Lipinski definition) is 0. The molecule has 0 bridgehead atoms. The van der Waals surface area contributed by atoms with Crippen LogP contribution in [0.15, 0.2) is 60.8 Å². The Balaban J connectivity index is 1.59. The Morgan fingerprint density at radius 3 is 2.80 bits per heavy atom. The Labute approximate surface area is 150 Å². The van der Waals surface area contributed by atoms with Crippen LogP contribution in [-0.2, 0) is 16.0 Å². The molecule has 1 aliphatic heterocycles. The zero-order valence-corrected chi connectivity index (χ0v) is 14.1. The first-order valence-electron chi connectivity index (χ1n) is 8.08. The molecule has 1 aromatic heterocycles. The fraction of sp³-hybridized carbons (Fsp3) is 0.150. The lowest BCUT2D eigenvalue weighted by atomic mass is 9.97. The number of aromatic nitrogens is 1. The van der Waals surface area contributed by atoms with Crippen molar-refractivity contribution in [3.05, 3.63) is 71.4 Å². The predicted octanol–water partition coefficient (Wildman–Crippen LogP) is 4.01. The first-order valence-corrected chi connectivity index (χ1v) is 8.45. The summed E-state index contributed by atoms with van der Waals surface area (Å²) in [6, 6.07) is 16.6. The van der Waals surface area contributed by atoms with Crippen LogP contribution in [0.25, 0.3) is 10.9 Å². The highest BCUT2D eigenvalue weighted by atomic mass is 35.5. The maximum Gasteiger partial charge on any atom is 0.237 e. The smallest absolute Gasteiger partial charge is 0.237 e. The van der Waals surface area contributed by atoms with Crippen molar-refractivity contribution >= 4 is 40.0 Å². The van der Waals surface area contributed by atoms with Crippen molar-refractivity contribution in [2.45, 2.75) is 12.8 Å². The lowest BCUT2D eigenvalue weighted by molar-refractivity contribution is -0.122. The molecule has 124 valence electrons. The Morgan fingerprint density at radius 2 is 1.96 bits per heavy atom. The van der Waals surface area contributed by atoms with E-state index in [1.807, 2.05) is 30.3 Å². The highest BCUT2D eigenvalue weighted by molar-refractivity contribution is 6.31. The van der Waals surface area contributed by atoms with Gasteiger partial charge in [-0.1, -0.05) is 29.8 Å². The van der Waals surface area contributed by atoms with Gasteiger partial charge in [0.15, 0.2) is 0 Å². The van der Waals surface area contributed by atoms with Crippen LogP contribution in [0.1, 0.15) is 12.0 Å². The van der Waals surface area contributed by atoms with Crippen molar-refractivity contribution < 1.29 is 9.59 Å². The summed E-state index contributed by atoms with van der Waals surface area (Å²) in [5.41, 5.74) is 2.48. The molecule has 3 aromatic rings. The third-order valence-corrected chi connectivity index (χ3v) is 4.69. The topological polar surface area (TPSA) is 50.3 Å². The van der Waals surface area contributed by atoms with Crippen LogP contribution in [0.2, 0.25) is 5.02 Å². The van der Waals surface area contributed by atoms with E-state index in [2.05, 4.69) is 4.98 Å². The summed E-state index contributed by atoms with van der Waals surface area (Å²) in [5.74, 6) is -0.695.